The molecule has 2 aromatic rings. The van der Waals surface area contributed by atoms with Crippen LogP contribution in [0, 0.1) is 5.41 Å². The molecule has 0 radical (unpaired) electrons. The molecule has 7 nitrogen and oxygen atoms in total. The molecule has 1 atom stereocenters. The summed E-state index contributed by atoms with van der Waals surface area (Å²) in [6, 6.07) is 0.0370. The van der Waals surface area contributed by atoms with Gasteiger partial charge in [-0.25, -0.2) is 9.97 Å². The summed E-state index contributed by atoms with van der Waals surface area (Å²) in [5, 5.41) is 7.10. The topological polar surface area (TPSA) is 77.6 Å². The smallest absolute Gasteiger partial charge is 0.222 e. The normalized spacial score (nSPS) is 13.1. The van der Waals surface area contributed by atoms with Crippen LogP contribution in [0.2, 0.25) is 0 Å². The van der Waals surface area contributed by atoms with E-state index in [1.165, 1.54) is 6.33 Å². The maximum absolute atomic E-state index is 12.1. The van der Waals surface area contributed by atoms with Gasteiger partial charge in [0.05, 0.1) is 18.9 Å². The number of amides is 1. The van der Waals surface area contributed by atoms with Gasteiger partial charge >= 0.3 is 0 Å². The van der Waals surface area contributed by atoms with Gasteiger partial charge in [0.25, 0.3) is 0 Å². The Bertz CT molecular complexity index is 541. The van der Waals surface area contributed by atoms with Crippen LogP contribution in [-0.2, 0) is 17.9 Å². The molecule has 1 N–H and O–H groups in total. The molecule has 2 aromatic heterocycles. The van der Waals surface area contributed by atoms with Gasteiger partial charge in [0.15, 0.2) is 0 Å². The Morgan fingerprint density at radius 2 is 2.10 bits per heavy atom. The first kappa shape index (κ1) is 15.2. The van der Waals surface area contributed by atoms with Gasteiger partial charge < -0.3 is 9.88 Å². The monoisotopic (exact) mass is 290 g/mol. The number of imidazole rings is 1. The highest BCUT2D eigenvalue weighted by molar-refractivity contribution is 5.76. The SMILES string of the molecule is CC(C)(C)C(Cn1ccnc1)NC(=O)CCn1cncn1. The van der Waals surface area contributed by atoms with Crippen LogP contribution in [-0.4, -0.2) is 36.3 Å². The summed E-state index contributed by atoms with van der Waals surface area (Å²) in [6.45, 7) is 7.59. The van der Waals surface area contributed by atoms with Crippen LogP contribution in [0.3, 0.4) is 0 Å². The molecule has 0 saturated carbocycles. The highest BCUT2D eigenvalue weighted by atomic mass is 16.1. The first-order valence-corrected chi connectivity index (χ1v) is 7.02. The fourth-order valence-electron chi connectivity index (χ4n) is 1.97. The van der Waals surface area contributed by atoms with Gasteiger partial charge in [0, 0.05) is 25.4 Å². The quantitative estimate of drug-likeness (QED) is 0.864. The molecule has 0 aliphatic heterocycles. The molecule has 7 heteroatoms. The first-order chi connectivity index (χ1) is 9.95. The molecule has 0 bridgehead atoms. The van der Waals surface area contributed by atoms with Crippen molar-refractivity contribution in [2.24, 2.45) is 5.41 Å². The number of hydrogen-bond donors (Lipinski definition) is 1. The molecule has 2 heterocycles. The molecule has 0 spiro atoms. The Morgan fingerprint density at radius 1 is 1.29 bits per heavy atom. The summed E-state index contributed by atoms with van der Waals surface area (Å²) in [6.07, 6.45) is 8.88. The molecule has 114 valence electrons. The zero-order chi connectivity index (χ0) is 15.3. The molecule has 0 aromatic carbocycles. The number of carbonyl (C=O) groups excluding carboxylic acids is 1. The van der Waals surface area contributed by atoms with Crippen LogP contribution in [0.5, 0.6) is 0 Å². The van der Waals surface area contributed by atoms with Crippen molar-refractivity contribution in [2.75, 3.05) is 0 Å². The van der Waals surface area contributed by atoms with Crippen LogP contribution < -0.4 is 5.32 Å². The van der Waals surface area contributed by atoms with E-state index < -0.39 is 0 Å². The summed E-state index contributed by atoms with van der Waals surface area (Å²) in [7, 11) is 0. The lowest BCUT2D eigenvalue weighted by Crippen LogP contribution is -2.46. The molecule has 0 saturated heterocycles. The zero-order valence-corrected chi connectivity index (χ0v) is 12.7. The minimum Gasteiger partial charge on any atom is -0.351 e. The Morgan fingerprint density at radius 3 is 2.67 bits per heavy atom. The zero-order valence-electron chi connectivity index (χ0n) is 12.7. The molecular formula is C14H22N6O. The maximum Gasteiger partial charge on any atom is 0.222 e. The highest BCUT2D eigenvalue weighted by Crippen LogP contribution is 2.20. The molecule has 0 fully saturated rings. The lowest BCUT2D eigenvalue weighted by atomic mass is 9.86. The summed E-state index contributed by atoms with van der Waals surface area (Å²) < 4.78 is 3.63. The lowest BCUT2D eigenvalue weighted by molar-refractivity contribution is -0.123. The van der Waals surface area contributed by atoms with Crippen molar-refractivity contribution < 1.29 is 4.79 Å². The average Bonchev–Trinajstić information content (AvgIpc) is 3.07. The fourth-order valence-corrected chi connectivity index (χ4v) is 1.97. The van der Waals surface area contributed by atoms with Crippen molar-refractivity contribution in [1.29, 1.82) is 0 Å². The molecule has 21 heavy (non-hydrogen) atoms. The number of aromatic nitrogens is 5. The molecule has 0 aliphatic carbocycles. The van der Waals surface area contributed by atoms with Gasteiger partial charge in [0.2, 0.25) is 5.91 Å². The van der Waals surface area contributed by atoms with Gasteiger partial charge in [-0.1, -0.05) is 20.8 Å². The summed E-state index contributed by atoms with van der Waals surface area (Å²) in [4.78, 5) is 20.0. The summed E-state index contributed by atoms with van der Waals surface area (Å²) in [5.74, 6) is 0.0190. The standard InChI is InChI=1S/C14H22N6O/c1-14(2,3)12(8-19-7-5-15-10-19)18-13(21)4-6-20-11-16-9-17-20/h5,7,9-12H,4,6,8H2,1-3H3,(H,18,21). The van der Waals surface area contributed by atoms with Gasteiger partial charge in [0.1, 0.15) is 12.7 Å². The van der Waals surface area contributed by atoms with Gasteiger partial charge in [-0.3, -0.25) is 9.48 Å². The van der Waals surface area contributed by atoms with Crippen molar-refractivity contribution in [1.82, 2.24) is 29.6 Å². The lowest BCUT2D eigenvalue weighted by Gasteiger charge is -2.31. The molecular weight excluding hydrogens is 268 g/mol. The van der Waals surface area contributed by atoms with Crippen LogP contribution in [0.4, 0.5) is 0 Å². The van der Waals surface area contributed by atoms with Crippen LogP contribution in [0.15, 0.2) is 31.4 Å². The highest BCUT2D eigenvalue weighted by Gasteiger charge is 2.26. The van der Waals surface area contributed by atoms with Gasteiger partial charge in [-0.2, -0.15) is 5.10 Å². The van der Waals surface area contributed by atoms with E-state index in [9.17, 15) is 4.79 Å². The maximum atomic E-state index is 12.1. The number of nitrogens with zero attached hydrogens (tertiary/aromatic N) is 5. The van der Waals surface area contributed by atoms with E-state index >= 15 is 0 Å². The van der Waals surface area contributed by atoms with Gasteiger partial charge in [-0.05, 0) is 5.41 Å². The van der Waals surface area contributed by atoms with Crippen molar-refractivity contribution >= 4 is 5.91 Å². The number of carbonyl (C=O) groups is 1. The Kier molecular flexibility index (Phi) is 4.72. The van der Waals surface area contributed by atoms with Gasteiger partial charge in [-0.15, -0.1) is 0 Å². The van der Waals surface area contributed by atoms with E-state index in [1.807, 2.05) is 10.8 Å². The van der Waals surface area contributed by atoms with Crippen molar-refractivity contribution in [3.8, 4) is 0 Å². The largest absolute Gasteiger partial charge is 0.351 e. The minimum absolute atomic E-state index is 0.0190. The number of rotatable bonds is 6. The van der Waals surface area contributed by atoms with E-state index in [1.54, 1.807) is 23.5 Å². The van der Waals surface area contributed by atoms with Crippen molar-refractivity contribution in [3.05, 3.63) is 31.4 Å². The van der Waals surface area contributed by atoms with E-state index in [2.05, 4.69) is 41.2 Å². The first-order valence-electron chi connectivity index (χ1n) is 7.02. The summed E-state index contributed by atoms with van der Waals surface area (Å²) >= 11 is 0. The van der Waals surface area contributed by atoms with E-state index in [0.29, 0.717) is 19.5 Å². The number of hydrogen-bond acceptors (Lipinski definition) is 4. The predicted molar refractivity (Wildman–Crippen MR) is 78.3 cm³/mol. The third kappa shape index (κ3) is 4.70. The Hall–Kier alpha value is -2.18. The van der Waals surface area contributed by atoms with E-state index in [4.69, 9.17) is 0 Å². The van der Waals surface area contributed by atoms with Crippen LogP contribution in [0.1, 0.15) is 27.2 Å². The second kappa shape index (κ2) is 6.51. The average molecular weight is 290 g/mol. The summed E-state index contributed by atoms with van der Waals surface area (Å²) in [5.41, 5.74) is -0.0345. The van der Waals surface area contributed by atoms with Crippen molar-refractivity contribution in [3.63, 3.8) is 0 Å². The van der Waals surface area contributed by atoms with Crippen LogP contribution >= 0.6 is 0 Å². The Balaban J connectivity index is 1.90. The Labute approximate surface area is 124 Å². The molecule has 2 rings (SSSR count). The van der Waals surface area contributed by atoms with E-state index in [0.717, 1.165) is 0 Å². The molecule has 0 aliphatic rings. The van der Waals surface area contributed by atoms with E-state index in [-0.39, 0.29) is 17.4 Å². The third-order valence-electron chi connectivity index (χ3n) is 3.37. The number of nitrogens with one attached hydrogen (secondary N) is 1. The minimum atomic E-state index is -0.0345. The fraction of sp³-hybridized carbons (Fsp3) is 0.571. The second-order valence-electron chi connectivity index (χ2n) is 6.15. The predicted octanol–water partition coefficient (Wildman–Crippen LogP) is 1.10. The molecule has 1 amide bonds. The third-order valence-corrected chi connectivity index (χ3v) is 3.37. The van der Waals surface area contributed by atoms with Crippen molar-refractivity contribution in [2.45, 2.75) is 46.3 Å². The number of aryl methyl sites for hydroxylation is 1. The van der Waals surface area contributed by atoms with Crippen LogP contribution in [0.25, 0.3) is 0 Å². The molecule has 1 unspecified atom stereocenters. The second-order valence-corrected chi connectivity index (χ2v) is 6.15.